The van der Waals surface area contributed by atoms with Crippen LogP contribution in [0.4, 0.5) is 0 Å². The van der Waals surface area contributed by atoms with Gasteiger partial charge in [-0.05, 0) is 36.6 Å². The lowest BCUT2D eigenvalue weighted by Gasteiger charge is -2.03. The number of ether oxygens (including phenoxy) is 1. The van der Waals surface area contributed by atoms with E-state index in [4.69, 9.17) is 4.74 Å². The SMILES string of the molecule is CCCCCCCCCCc1[c]cc(OC)cc1. The molecule has 0 atom stereocenters. The lowest BCUT2D eigenvalue weighted by atomic mass is 10.0. The van der Waals surface area contributed by atoms with E-state index in [0.717, 1.165) is 12.2 Å². The molecular formula is C17H27O. The van der Waals surface area contributed by atoms with Gasteiger partial charge in [0.2, 0.25) is 0 Å². The topological polar surface area (TPSA) is 9.23 Å². The van der Waals surface area contributed by atoms with Crippen LogP contribution in [0, 0.1) is 6.07 Å². The number of benzene rings is 1. The molecule has 0 aliphatic heterocycles. The molecule has 101 valence electrons. The normalized spacial score (nSPS) is 10.6. The minimum absolute atomic E-state index is 0.898. The summed E-state index contributed by atoms with van der Waals surface area (Å²) in [7, 11) is 1.70. The van der Waals surface area contributed by atoms with E-state index in [1.165, 1.54) is 56.9 Å². The standard InChI is InChI=1S/C17H27O/c1-3-4-5-6-7-8-9-10-11-16-12-14-17(18-2)15-13-16/h12,14-15H,3-11H2,1-2H3. The summed E-state index contributed by atoms with van der Waals surface area (Å²) < 4.78 is 5.13. The summed E-state index contributed by atoms with van der Waals surface area (Å²) in [6.07, 6.45) is 12.2. The van der Waals surface area contributed by atoms with Gasteiger partial charge in [0.25, 0.3) is 0 Å². The number of rotatable bonds is 10. The Morgan fingerprint density at radius 3 is 2.17 bits per heavy atom. The Morgan fingerprint density at radius 2 is 1.61 bits per heavy atom. The van der Waals surface area contributed by atoms with E-state index < -0.39 is 0 Å². The molecule has 0 aromatic heterocycles. The van der Waals surface area contributed by atoms with Gasteiger partial charge >= 0.3 is 0 Å². The second-order valence-corrected chi connectivity index (χ2v) is 4.98. The average Bonchev–Trinajstić information content (AvgIpc) is 2.42. The first-order valence-corrected chi connectivity index (χ1v) is 7.41. The van der Waals surface area contributed by atoms with Crippen molar-refractivity contribution in [1.29, 1.82) is 0 Å². The minimum atomic E-state index is 0.898. The average molecular weight is 247 g/mol. The molecule has 18 heavy (non-hydrogen) atoms. The van der Waals surface area contributed by atoms with Crippen LogP contribution < -0.4 is 4.74 Å². The highest BCUT2D eigenvalue weighted by molar-refractivity contribution is 5.25. The van der Waals surface area contributed by atoms with Gasteiger partial charge in [-0.2, -0.15) is 0 Å². The molecule has 0 aliphatic carbocycles. The molecule has 1 aromatic carbocycles. The minimum Gasteiger partial charge on any atom is -0.497 e. The van der Waals surface area contributed by atoms with E-state index in [1.54, 1.807) is 7.11 Å². The Balaban J connectivity index is 2.00. The molecule has 0 saturated carbocycles. The molecule has 1 rings (SSSR count). The number of hydrogen-bond donors (Lipinski definition) is 0. The lowest BCUT2D eigenvalue weighted by molar-refractivity contribution is 0.414. The number of hydrogen-bond acceptors (Lipinski definition) is 1. The third-order valence-corrected chi connectivity index (χ3v) is 3.38. The summed E-state index contributed by atoms with van der Waals surface area (Å²) in [4.78, 5) is 0. The molecule has 1 aromatic rings. The maximum Gasteiger partial charge on any atom is 0.119 e. The van der Waals surface area contributed by atoms with Crippen molar-refractivity contribution in [2.45, 2.75) is 64.7 Å². The van der Waals surface area contributed by atoms with Crippen molar-refractivity contribution in [2.24, 2.45) is 0 Å². The van der Waals surface area contributed by atoms with Crippen molar-refractivity contribution < 1.29 is 4.74 Å². The van der Waals surface area contributed by atoms with Crippen molar-refractivity contribution in [2.75, 3.05) is 7.11 Å². The Morgan fingerprint density at radius 1 is 0.944 bits per heavy atom. The molecule has 1 heteroatoms. The van der Waals surface area contributed by atoms with Crippen LogP contribution in [0.3, 0.4) is 0 Å². The second-order valence-electron chi connectivity index (χ2n) is 4.98. The summed E-state index contributed by atoms with van der Waals surface area (Å²) >= 11 is 0. The quantitative estimate of drug-likeness (QED) is 0.518. The van der Waals surface area contributed by atoms with Gasteiger partial charge in [-0.3, -0.25) is 0 Å². The third-order valence-electron chi connectivity index (χ3n) is 3.38. The molecule has 0 saturated heterocycles. The van der Waals surface area contributed by atoms with Gasteiger partial charge in [-0.15, -0.1) is 0 Å². The first-order valence-electron chi connectivity index (χ1n) is 7.41. The van der Waals surface area contributed by atoms with E-state index in [1.807, 2.05) is 12.1 Å². The zero-order chi connectivity index (χ0) is 13.1. The van der Waals surface area contributed by atoms with Crippen LogP contribution in [0.1, 0.15) is 63.9 Å². The highest BCUT2D eigenvalue weighted by Gasteiger charge is 1.96. The Kier molecular flexibility index (Phi) is 8.37. The molecule has 1 radical (unpaired) electrons. The second kappa shape index (κ2) is 9.99. The van der Waals surface area contributed by atoms with Crippen LogP contribution in [0.2, 0.25) is 0 Å². The fraction of sp³-hybridized carbons (Fsp3) is 0.647. The van der Waals surface area contributed by atoms with Gasteiger partial charge < -0.3 is 4.74 Å². The zero-order valence-corrected chi connectivity index (χ0v) is 12.0. The van der Waals surface area contributed by atoms with Crippen LogP contribution in [-0.4, -0.2) is 7.11 Å². The fourth-order valence-corrected chi connectivity index (χ4v) is 2.17. The van der Waals surface area contributed by atoms with Crippen molar-refractivity contribution in [3.8, 4) is 5.75 Å². The van der Waals surface area contributed by atoms with E-state index in [2.05, 4.69) is 19.1 Å². The molecule has 0 N–H and O–H groups in total. The van der Waals surface area contributed by atoms with E-state index in [0.29, 0.717) is 0 Å². The van der Waals surface area contributed by atoms with Crippen LogP contribution in [0.25, 0.3) is 0 Å². The number of aryl methyl sites for hydroxylation is 1. The first-order chi connectivity index (χ1) is 8.86. The molecular weight excluding hydrogens is 220 g/mol. The van der Waals surface area contributed by atoms with E-state index in [-0.39, 0.29) is 0 Å². The maximum atomic E-state index is 5.13. The van der Waals surface area contributed by atoms with Crippen molar-refractivity contribution in [1.82, 2.24) is 0 Å². The van der Waals surface area contributed by atoms with E-state index in [9.17, 15) is 0 Å². The summed E-state index contributed by atoms with van der Waals surface area (Å²) in [6.45, 7) is 2.27. The predicted octanol–water partition coefficient (Wildman–Crippen LogP) is 5.18. The summed E-state index contributed by atoms with van der Waals surface area (Å²) in [6, 6.07) is 9.36. The summed E-state index contributed by atoms with van der Waals surface area (Å²) in [5.41, 5.74) is 1.31. The number of methoxy groups -OCH3 is 1. The zero-order valence-electron chi connectivity index (χ0n) is 12.0. The predicted molar refractivity (Wildman–Crippen MR) is 78.1 cm³/mol. The highest BCUT2D eigenvalue weighted by Crippen LogP contribution is 2.14. The van der Waals surface area contributed by atoms with Crippen LogP contribution in [0.5, 0.6) is 5.75 Å². The van der Waals surface area contributed by atoms with Crippen LogP contribution in [0.15, 0.2) is 18.2 Å². The van der Waals surface area contributed by atoms with Gasteiger partial charge in [0.1, 0.15) is 5.75 Å². The summed E-state index contributed by atoms with van der Waals surface area (Å²) in [5.74, 6) is 0.898. The first kappa shape index (κ1) is 15.1. The molecule has 0 heterocycles. The lowest BCUT2D eigenvalue weighted by Crippen LogP contribution is -1.88. The van der Waals surface area contributed by atoms with Crippen molar-refractivity contribution in [3.63, 3.8) is 0 Å². The van der Waals surface area contributed by atoms with Crippen LogP contribution in [-0.2, 0) is 6.42 Å². The smallest absolute Gasteiger partial charge is 0.119 e. The van der Waals surface area contributed by atoms with Gasteiger partial charge in [0, 0.05) is 0 Å². The molecule has 1 nitrogen and oxygen atoms in total. The van der Waals surface area contributed by atoms with Gasteiger partial charge in [0.15, 0.2) is 0 Å². The molecule has 0 spiro atoms. The molecule has 0 amide bonds. The van der Waals surface area contributed by atoms with Crippen LogP contribution >= 0.6 is 0 Å². The largest absolute Gasteiger partial charge is 0.497 e. The molecule has 0 fully saturated rings. The Labute approximate surface area is 113 Å². The fourth-order valence-electron chi connectivity index (χ4n) is 2.17. The highest BCUT2D eigenvalue weighted by atomic mass is 16.5. The monoisotopic (exact) mass is 247 g/mol. The van der Waals surface area contributed by atoms with Crippen molar-refractivity contribution >= 4 is 0 Å². The Bertz CT molecular complexity index is 289. The maximum absolute atomic E-state index is 5.13. The Hall–Kier alpha value is -0.980. The molecule has 0 aliphatic rings. The van der Waals surface area contributed by atoms with Gasteiger partial charge in [-0.1, -0.05) is 57.9 Å². The summed E-state index contributed by atoms with van der Waals surface area (Å²) in [5, 5.41) is 0. The number of unbranched alkanes of at least 4 members (excludes halogenated alkanes) is 7. The molecule has 0 unspecified atom stereocenters. The molecule has 0 bridgehead atoms. The van der Waals surface area contributed by atoms with E-state index >= 15 is 0 Å². The third kappa shape index (κ3) is 6.68. The van der Waals surface area contributed by atoms with Crippen molar-refractivity contribution in [3.05, 3.63) is 29.8 Å². The van der Waals surface area contributed by atoms with Gasteiger partial charge in [0.05, 0.1) is 7.11 Å². The van der Waals surface area contributed by atoms with Gasteiger partial charge in [-0.25, -0.2) is 0 Å².